The van der Waals surface area contributed by atoms with Crippen molar-refractivity contribution in [1.82, 2.24) is 19.9 Å². The summed E-state index contributed by atoms with van der Waals surface area (Å²) in [6.45, 7) is 1.42. The molecular weight excluding hydrogens is 290 g/mol. The van der Waals surface area contributed by atoms with E-state index in [2.05, 4.69) is 15.6 Å². The molecule has 0 spiro atoms. The van der Waals surface area contributed by atoms with E-state index in [4.69, 9.17) is 11.6 Å². The summed E-state index contributed by atoms with van der Waals surface area (Å²) in [6, 6.07) is 7.36. The van der Waals surface area contributed by atoms with E-state index in [0.717, 1.165) is 18.5 Å². The van der Waals surface area contributed by atoms with Gasteiger partial charge < -0.3 is 10.2 Å². The molecule has 110 valence electrons. The van der Waals surface area contributed by atoms with Crippen molar-refractivity contribution < 1.29 is 4.79 Å². The minimum atomic E-state index is -0.0747. The molecule has 0 saturated carbocycles. The van der Waals surface area contributed by atoms with Gasteiger partial charge in [0.05, 0.1) is 12.2 Å². The van der Waals surface area contributed by atoms with Gasteiger partial charge in [-0.3, -0.25) is 0 Å². The normalized spacial score (nSPS) is 16.0. The van der Waals surface area contributed by atoms with Gasteiger partial charge in [0.1, 0.15) is 0 Å². The molecule has 0 unspecified atom stereocenters. The van der Waals surface area contributed by atoms with Crippen LogP contribution in [0.4, 0.5) is 10.5 Å². The number of nitrogens with zero attached hydrogens (tertiary/aromatic N) is 4. The number of hydrogen-bond acceptors (Lipinski definition) is 3. The van der Waals surface area contributed by atoms with E-state index in [0.29, 0.717) is 24.2 Å². The van der Waals surface area contributed by atoms with Crippen LogP contribution in [0.1, 0.15) is 18.9 Å². The van der Waals surface area contributed by atoms with Crippen LogP contribution >= 0.6 is 11.6 Å². The molecular formula is C14H16ClN5O. The van der Waals surface area contributed by atoms with Gasteiger partial charge in [-0.15, -0.1) is 5.10 Å². The maximum Gasteiger partial charge on any atom is 0.321 e. The number of piperidine rings is 1. The monoisotopic (exact) mass is 305 g/mol. The fourth-order valence-electron chi connectivity index (χ4n) is 2.48. The summed E-state index contributed by atoms with van der Waals surface area (Å²) in [5.41, 5.74) is 0.753. The zero-order valence-electron chi connectivity index (χ0n) is 11.4. The number of hydrogen-bond donors (Lipinski definition) is 1. The smallest absolute Gasteiger partial charge is 0.321 e. The Bertz CT molecular complexity index is 590. The van der Waals surface area contributed by atoms with Crippen LogP contribution in [-0.2, 0) is 0 Å². The van der Waals surface area contributed by atoms with Crippen LogP contribution in [0, 0.1) is 0 Å². The number of likely N-dealkylation sites (tertiary alicyclic amines) is 1. The maximum absolute atomic E-state index is 12.2. The number of halogens is 1. The average molecular weight is 306 g/mol. The molecule has 6 nitrogen and oxygen atoms in total. The number of aromatic nitrogens is 3. The molecule has 2 amide bonds. The number of benzene rings is 1. The summed E-state index contributed by atoms with van der Waals surface area (Å²) in [6.07, 6.45) is 5.32. The van der Waals surface area contributed by atoms with Crippen molar-refractivity contribution in [2.45, 2.75) is 18.9 Å². The standard InChI is InChI=1S/C14H16ClN5O/c15-11-1-3-12(4-2-11)17-14(21)19-8-5-13(6-9-19)20-10-7-16-18-20/h1-4,7,10,13H,5-6,8-9H2,(H,17,21). The Balaban J connectivity index is 1.54. The summed E-state index contributed by atoms with van der Waals surface area (Å²) >= 11 is 5.83. The van der Waals surface area contributed by atoms with Gasteiger partial charge in [0.2, 0.25) is 0 Å². The fraction of sp³-hybridized carbons (Fsp3) is 0.357. The van der Waals surface area contributed by atoms with E-state index < -0.39 is 0 Å². The highest BCUT2D eigenvalue weighted by Gasteiger charge is 2.24. The molecule has 0 atom stereocenters. The minimum Gasteiger partial charge on any atom is -0.324 e. The Hall–Kier alpha value is -2.08. The van der Waals surface area contributed by atoms with E-state index in [-0.39, 0.29) is 6.03 Å². The first-order valence-electron chi connectivity index (χ1n) is 6.89. The zero-order valence-corrected chi connectivity index (χ0v) is 12.2. The van der Waals surface area contributed by atoms with E-state index in [1.165, 1.54) is 0 Å². The van der Waals surface area contributed by atoms with E-state index in [1.807, 2.05) is 15.8 Å². The number of rotatable bonds is 2. The summed E-state index contributed by atoms with van der Waals surface area (Å²) in [5.74, 6) is 0. The highest BCUT2D eigenvalue weighted by Crippen LogP contribution is 2.22. The van der Waals surface area contributed by atoms with Gasteiger partial charge in [-0.05, 0) is 37.1 Å². The third kappa shape index (κ3) is 3.33. The predicted molar refractivity (Wildman–Crippen MR) is 80.3 cm³/mol. The van der Waals surface area contributed by atoms with Gasteiger partial charge in [-0.25, -0.2) is 9.48 Å². The van der Waals surface area contributed by atoms with E-state index in [9.17, 15) is 4.79 Å². The van der Waals surface area contributed by atoms with Crippen molar-refractivity contribution in [2.75, 3.05) is 18.4 Å². The second-order valence-electron chi connectivity index (χ2n) is 5.04. The lowest BCUT2D eigenvalue weighted by Crippen LogP contribution is -2.41. The van der Waals surface area contributed by atoms with Crippen LogP contribution in [0.5, 0.6) is 0 Å². The second-order valence-corrected chi connectivity index (χ2v) is 5.47. The number of carbonyl (C=O) groups is 1. The molecule has 21 heavy (non-hydrogen) atoms. The fourth-order valence-corrected chi connectivity index (χ4v) is 2.61. The van der Waals surface area contributed by atoms with Crippen molar-refractivity contribution >= 4 is 23.3 Å². The van der Waals surface area contributed by atoms with Crippen LogP contribution in [0.2, 0.25) is 5.02 Å². The molecule has 0 bridgehead atoms. The van der Waals surface area contributed by atoms with Crippen molar-refractivity contribution in [3.05, 3.63) is 41.7 Å². The number of nitrogens with one attached hydrogen (secondary N) is 1. The largest absolute Gasteiger partial charge is 0.324 e. The predicted octanol–water partition coefficient (Wildman–Crippen LogP) is 2.80. The first-order valence-corrected chi connectivity index (χ1v) is 7.27. The Morgan fingerprint density at radius 1 is 1.24 bits per heavy atom. The molecule has 7 heteroatoms. The third-order valence-corrected chi connectivity index (χ3v) is 3.91. The van der Waals surface area contributed by atoms with Crippen LogP contribution in [0.15, 0.2) is 36.7 Å². The Morgan fingerprint density at radius 2 is 1.95 bits per heavy atom. The van der Waals surface area contributed by atoms with Crippen LogP contribution in [0.25, 0.3) is 0 Å². The first-order chi connectivity index (χ1) is 10.2. The topological polar surface area (TPSA) is 63.1 Å². The van der Waals surface area contributed by atoms with Crippen LogP contribution < -0.4 is 5.32 Å². The molecule has 1 fully saturated rings. The molecule has 0 radical (unpaired) electrons. The minimum absolute atomic E-state index is 0.0747. The van der Waals surface area contributed by atoms with Gasteiger partial charge in [-0.2, -0.15) is 0 Å². The van der Waals surface area contributed by atoms with Crippen molar-refractivity contribution in [3.63, 3.8) is 0 Å². The molecule has 1 aromatic carbocycles. The SMILES string of the molecule is O=C(Nc1ccc(Cl)cc1)N1CCC(n2ccnn2)CC1. The molecule has 1 saturated heterocycles. The lowest BCUT2D eigenvalue weighted by molar-refractivity contribution is 0.179. The lowest BCUT2D eigenvalue weighted by atomic mass is 10.1. The van der Waals surface area contributed by atoms with Gasteiger partial charge in [-0.1, -0.05) is 16.8 Å². The van der Waals surface area contributed by atoms with Gasteiger partial charge in [0, 0.05) is 30.0 Å². The third-order valence-electron chi connectivity index (χ3n) is 3.66. The second kappa shape index (κ2) is 6.13. The van der Waals surface area contributed by atoms with Gasteiger partial charge in [0.25, 0.3) is 0 Å². The zero-order chi connectivity index (χ0) is 14.7. The number of carbonyl (C=O) groups excluding carboxylic acids is 1. The van der Waals surface area contributed by atoms with Crippen LogP contribution in [-0.4, -0.2) is 39.0 Å². The molecule has 2 aromatic rings. The van der Waals surface area contributed by atoms with Crippen molar-refractivity contribution in [3.8, 4) is 0 Å². The quantitative estimate of drug-likeness (QED) is 0.928. The van der Waals surface area contributed by atoms with E-state index in [1.54, 1.807) is 30.5 Å². The number of anilines is 1. The lowest BCUT2D eigenvalue weighted by Gasteiger charge is -2.31. The summed E-state index contributed by atoms with van der Waals surface area (Å²) < 4.78 is 1.87. The number of urea groups is 1. The molecule has 1 aliphatic rings. The molecule has 1 aromatic heterocycles. The first kappa shape index (κ1) is 13.9. The highest BCUT2D eigenvalue weighted by molar-refractivity contribution is 6.30. The Labute approximate surface area is 127 Å². The molecule has 3 rings (SSSR count). The summed E-state index contributed by atoms with van der Waals surface area (Å²) in [7, 11) is 0. The summed E-state index contributed by atoms with van der Waals surface area (Å²) in [4.78, 5) is 14.0. The number of amides is 2. The van der Waals surface area contributed by atoms with Gasteiger partial charge >= 0.3 is 6.03 Å². The highest BCUT2D eigenvalue weighted by atomic mass is 35.5. The molecule has 1 aliphatic heterocycles. The molecule has 1 N–H and O–H groups in total. The Kier molecular flexibility index (Phi) is 4.06. The van der Waals surface area contributed by atoms with Crippen molar-refractivity contribution in [2.24, 2.45) is 0 Å². The summed E-state index contributed by atoms with van der Waals surface area (Å²) in [5, 5.41) is 11.4. The molecule has 0 aliphatic carbocycles. The van der Waals surface area contributed by atoms with Crippen LogP contribution in [0.3, 0.4) is 0 Å². The van der Waals surface area contributed by atoms with Gasteiger partial charge in [0.15, 0.2) is 0 Å². The average Bonchev–Trinajstić information content (AvgIpc) is 3.04. The Morgan fingerprint density at radius 3 is 2.57 bits per heavy atom. The van der Waals surface area contributed by atoms with E-state index >= 15 is 0 Å². The van der Waals surface area contributed by atoms with Crippen molar-refractivity contribution in [1.29, 1.82) is 0 Å². The maximum atomic E-state index is 12.2. The molecule has 2 heterocycles.